The number of carbonyl (C=O) groups is 1. The van der Waals surface area contributed by atoms with Gasteiger partial charge in [0.05, 0.1) is 6.54 Å². The third-order valence-electron chi connectivity index (χ3n) is 4.39. The van der Waals surface area contributed by atoms with Crippen LogP contribution in [0, 0.1) is 12.8 Å². The summed E-state index contributed by atoms with van der Waals surface area (Å²) in [4.78, 5) is 30.5. The minimum absolute atomic E-state index is 0.0374. The lowest BCUT2D eigenvalue weighted by Crippen LogP contribution is -2.44. The van der Waals surface area contributed by atoms with Gasteiger partial charge in [0.25, 0.3) is 17.1 Å². The highest BCUT2D eigenvalue weighted by molar-refractivity contribution is 6.00. The molecule has 142 valence electrons. The van der Waals surface area contributed by atoms with Gasteiger partial charge in [0.1, 0.15) is 10.9 Å². The molecule has 3 aromatic rings. The van der Waals surface area contributed by atoms with Crippen LogP contribution in [0.5, 0.6) is 0 Å². The summed E-state index contributed by atoms with van der Waals surface area (Å²) in [6.45, 7) is 10.3. The van der Waals surface area contributed by atoms with Gasteiger partial charge >= 0.3 is 0 Å². The van der Waals surface area contributed by atoms with Gasteiger partial charge in [0, 0.05) is 17.8 Å². The van der Waals surface area contributed by atoms with E-state index in [0.29, 0.717) is 34.6 Å². The molecule has 0 aliphatic carbocycles. The summed E-state index contributed by atoms with van der Waals surface area (Å²) < 4.78 is 3.29. The molecule has 7 nitrogen and oxygen atoms in total. The number of amides is 1. The smallest absolute Gasteiger partial charge is 0.278 e. The number of nitrogen functional groups attached to an aromatic ring is 1. The maximum absolute atomic E-state index is 13.1. The molecule has 27 heavy (non-hydrogen) atoms. The largest absolute Gasteiger partial charge is 0.350 e. The molecule has 3 rings (SSSR count). The Kier molecular flexibility index (Phi) is 4.87. The van der Waals surface area contributed by atoms with Gasteiger partial charge in [-0.05, 0) is 38.8 Å². The maximum Gasteiger partial charge on any atom is 0.278 e. The summed E-state index contributed by atoms with van der Waals surface area (Å²) in [7, 11) is 0. The molecule has 0 spiro atoms. The Morgan fingerprint density at radius 3 is 2.67 bits per heavy atom. The average Bonchev–Trinajstić information content (AvgIpc) is 2.57. The summed E-state index contributed by atoms with van der Waals surface area (Å²) in [5.74, 6) is 0.288. The van der Waals surface area contributed by atoms with Gasteiger partial charge in [-0.1, -0.05) is 24.9 Å². The molecular weight excluding hydrogens is 342 g/mol. The van der Waals surface area contributed by atoms with Crippen molar-refractivity contribution in [1.82, 2.24) is 14.7 Å². The molecule has 3 aromatic heterocycles. The van der Waals surface area contributed by atoms with E-state index in [4.69, 9.17) is 10.7 Å². The second kappa shape index (κ2) is 6.98. The number of pyridine rings is 2. The summed E-state index contributed by atoms with van der Waals surface area (Å²) in [6, 6.07) is 5.24. The van der Waals surface area contributed by atoms with Crippen LogP contribution in [0.15, 0.2) is 29.2 Å². The van der Waals surface area contributed by atoms with Gasteiger partial charge in [-0.3, -0.25) is 14.0 Å². The Morgan fingerprint density at radius 1 is 1.33 bits per heavy atom. The van der Waals surface area contributed by atoms with E-state index < -0.39 is 0 Å². The number of aromatic nitrogens is 3. The Labute approximate surface area is 157 Å². The van der Waals surface area contributed by atoms with Crippen molar-refractivity contribution < 1.29 is 9.36 Å². The standard InChI is InChI=1S/C20H25N5O2/c1-11(2)10-25-16(21)14(19(26)22-12(3)4)9-15-18(25)23-17-13(5)7-6-8-24(17)20(15)27/h6-9,11-12,21H,10H2,1-5H3,(H,22,26)/p+1. The molecule has 0 saturated carbocycles. The Balaban J connectivity index is 2.43. The molecule has 0 atom stereocenters. The number of aryl methyl sites for hydroxylation is 1. The molecule has 0 saturated heterocycles. The van der Waals surface area contributed by atoms with Gasteiger partial charge in [-0.2, -0.15) is 0 Å². The van der Waals surface area contributed by atoms with Crippen LogP contribution >= 0.6 is 0 Å². The van der Waals surface area contributed by atoms with Gasteiger partial charge < -0.3 is 11.1 Å². The first kappa shape index (κ1) is 18.8. The first-order valence-electron chi connectivity index (χ1n) is 9.15. The Hall–Kier alpha value is -2.96. The zero-order valence-electron chi connectivity index (χ0n) is 16.4. The van der Waals surface area contributed by atoms with Crippen molar-refractivity contribution in [2.75, 3.05) is 5.73 Å². The average molecular weight is 368 g/mol. The summed E-state index contributed by atoms with van der Waals surface area (Å²) >= 11 is 0. The summed E-state index contributed by atoms with van der Waals surface area (Å²) in [5.41, 5.74) is 8.43. The Bertz CT molecular complexity index is 1100. The molecule has 3 heterocycles. The fourth-order valence-electron chi connectivity index (χ4n) is 3.18. The second-order valence-electron chi connectivity index (χ2n) is 7.61. The van der Waals surface area contributed by atoms with Crippen molar-refractivity contribution in [1.29, 1.82) is 0 Å². The minimum Gasteiger partial charge on any atom is -0.350 e. The van der Waals surface area contributed by atoms with Crippen molar-refractivity contribution in [2.45, 2.75) is 47.2 Å². The van der Waals surface area contributed by atoms with E-state index in [-0.39, 0.29) is 23.4 Å². The second-order valence-corrected chi connectivity index (χ2v) is 7.61. The van der Waals surface area contributed by atoms with Crippen LogP contribution in [-0.2, 0) is 6.54 Å². The number of anilines is 1. The normalized spacial score (nSPS) is 11.7. The highest BCUT2D eigenvalue weighted by Crippen LogP contribution is 2.16. The number of hydrogen-bond acceptors (Lipinski definition) is 4. The van der Waals surface area contributed by atoms with E-state index in [2.05, 4.69) is 19.2 Å². The van der Waals surface area contributed by atoms with Crippen molar-refractivity contribution in [3.63, 3.8) is 0 Å². The van der Waals surface area contributed by atoms with Crippen LogP contribution in [0.1, 0.15) is 43.6 Å². The number of fused-ring (bicyclic) bond motifs is 2. The number of carbonyl (C=O) groups excluding carboxylic acids is 1. The predicted molar refractivity (Wildman–Crippen MR) is 106 cm³/mol. The lowest BCUT2D eigenvalue weighted by atomic mass is 10.1. The van der Waals surface area contributed by atoms with Gasteiger partial charge in [-0.15, -0.1) is 0 Å². The first-order valence-corrected chi connectivity index (χ1v) is 9.15. The van der Waals surface area contributed by atoms with Crippen LogP contribution in [0.3, 0.4) is 0 Å². The quantitative estimate of drug-likeness (QED) is 0.543. The molecule has 0 radical (unpaired) electrons. The predicted octanol–water partition coefficient (Wildman–Crippen LogP) is 1.82. The SMILES string of the molecule is Cc1cccn2c(=O)c3cc(C(=O)NC(C)C)c(N)[n+](CC(C)C)c3nc12. The van der Waals surface area contributed by atoms with Crippen LogP contribution < -0.4 is 21.2 Å². The van der Waals surface area contributed by atoms with Crippen molar-refractivity contribution in [2.24, 2.45) is 5.92 Å². The third kappa shape index (κ3) is 3.37. The summed E-state index contributed by atoms with van der Waals surface area (Å²) in [5, 5.41) is 3.23. The van der Waals surface area contributed by atoms with E-state index in [9.17, 15) is 9.59 Å². The molecule has 0 bridgehead atoms. The van der Waals surface area contributed by atoms with E-state index in [1.165, 1.54) is 4.40 Å². The first-order chi connectivity index (χ1) is 12.7. The summed E-state index contributed by atoms with van der Waals surface area (Å²) in [6.07, 6.45) is 1.69. The zero-order chi connectivity index (χ0) is 19.9. The highest BCUT2D eigenvalue weighted by atomic mass is 16.2. The zero-order valence-corrected chi connectivity index (χ0v) is 16.4. The lowest BCUT2D eigenvalue weighted by molar-refractivity contribution is -0.664. The Morgan fingerprint density at radius 2 is 2.04 bits per heavy atom. The van der Waals surface area contributed by atoms with Crippen LogP contribution in [0.25, 0.3) is 16.7 Å². The molecule has 7 heteroatoms. The fraction of sp³-hybridized carbons (Fsp3) is 0.400. The van der Waals surface area contributed by atoms with Crippen molar-refractivity contribution >= 4 is 28.4 Å². The minimum atomic E-state index is -0.296. The van der Waals surface area contributed by atoms with Crippen LogP contribution in [0.2, 0.25) is 0 Å². The number of nitrogens with zero attached hydrogens (tertiary/aromatic N) is 3. The molecular formula is C20H26N5O2+. The van der Waals surface area contributed by atoms with E-state index in [1.807, 2.05) is 32.9 Å². The lowest BCUT2D eigenvalue weighted by Gasteiger charge is -2.15. The number of rotatable bonds is 4. The van der Waals surface area contributed by atoms with Crippen LogP contribution in [0.4, 0.5) is 5.82 Å². The number of nitrogens with two attached hydrogens (primary N) is 1. The highest BCUT2D eigenvalue weighted by Gasteiger charge is 2.25. The van der Waals surface area contributed by atoms with E-state index >= 15 is 0 Å². The third-order valence-corrected chi connectivity index (χ3v) is 4.39. The van der Waals surface area contributed by atoms with E-state index in [0.717, 1.165) is 5.56 Å². The monoisotopic (exact) mass is 368 g/mol. The number of nitrogens with one attached hydrogen (secondary N) is 1. The van der Waals surface area contributed by atoms with Gasteiger partial charge in [-0.25, -0.2) is 4.57 Å². The van der Waals surface area contributed by atoms with Crippen molar-refractivity contribution in [3.05, 3.63) is 45.9 Å². The molecule has 0 aliphatic rings. The molecule has 1 amide bonds. The van der Waals surface area contributed by atoms with Gasteiger partial charge in [0.15, 0.2) is 0 Å². The molecule has 0 fully saturated rings. The molecule has 3 N–H and O–H groups in total. The number of hydrogen-bond donors (Lipinski definition) is 2. The van der Waals surface area contributed by atoms with Gasteiger partial charge in [0.2, 0.25) is 11.5 Å². The molecule has 0 aliphatic heterocycles. The molecule has 0 aromatic carbocycles. The van der Waals surface area contributed by atoms with E-state index in [1.54, 1.807) is 16.8 Å². The van der Waals surface area contributed by atoms with Crippen LogP contribution in [-0.4, -0.2) is 21.3 Å². The maximum atomic E-state index is 13.1. The fourth-order valence-corrected chi connectivity index (χ4v) is 3.18. The topological polar surface area (TPSA) is 93.4 Å². The molecule has 0 unspecified atom stereocenters. The van der Waals surface area contributed by atoms with Crippen molar-refractivity contribution in [3.8, 4) is 0 Å².